The molecule has 1 aromatic rings. The number of carbonyl (C=O) groups excluding carboxylic acids is 1. The molecule has 1 aromatic carbocycles. The van der Waals surface area contributed by atoms with Gasteiger partial charge in [0.25, 0.3) is 0 Å². The second-order valence-electron chi connectivity index (χ2n) is 4.85. The van der Waals surface area contributed by atoms with Crippen LogP contribution in [0.15, 0.2) is 18.2 Å². The minimum Gasteiger partial charge on any atom is -0.370 e. The number of piperidine rings is 1. The number of ketones is 1. The highest BCUT2D eigenvalue weighted by atomic mass is 16.1. The topological polar surface area (TPSA) is 20.3 Å². The molecule has 2 nitrogen and oxygen atoms in total. The third-order valence-corrected chi connectivity index (χ3v) is 3.38. The van der Waals surface area contributed by atoms with Gasteiger partial charge in [-0.25, -0.2) is 0 Å². The molecule has 86 valence electrons. The van der Waals surface area contributed by atoms with Crippen LogP contribution in [0.4, 0.5) is 5.69 Å². The molecule has 0 N–H and O–H groups in total. The highest BCUT2D eigenvalue weighted by Gasteiger charge is 2.24. The number of aryl methyl sites for hydroxylation is 2. The minimum absolute atomic E-state index is 0.175. The molecule has 1 saturated heterocycles. The fourth-order valence-corrected chi connectivity index (χ4v) is 2.29. The molecule has 0 radical (unpaired) electrons. The Kier molecular flexibility index (Phi) is 2.99. The van der Waals surface area contributed by atoms with E-state index in [9.17, 15) is 4.79 Å². The zero-order valence-corrected chi connectivity index (χ0v) is 10.3. The van der Waals surface area contributed by atoms with Crippen molar-refractivity contribution in [3.63, 3.8) is 0 Å². The maximum Gasteiger partial charge on any atom is 0.139 e. The van der Waals surface area contributed by atoms with Crippen LogP contribution >= 0.6 is 0 Å². The van der Waals surface area contributed by atoms with Gasteiger partial charge in [0, 0.05) is 31.1 Å². The number of nitrogens with zero attached hydrogens (tertiary/aromatic N) is 1. The van der Waals surface area contributed by atoms with Gasteiger partial charge < -0.3 is 4.90 Å². The summed E-state index contributed by atoms with van der Waals surface area (Å²) >= 11 is 0. The average molecular weight is 217 g/mol. The molecule has 2 heteroatoms. The summed E-state index contributed by atoms with van der Waals surface area (Å²) in [7, 11) is 0. The monoisotopic (exact) mass is 217 g/mol. The molecule has 0 amide bonds. The fourth-order valence-electron chi connectivity index (χ4n) is 2.29. The first-order valence-electron chi connectivity index (χ1n) is 5.93. The van der Waals surface area contributed by atoms with Crippen molar-refractivity contribution in [3.8, 4) is 0 Å². The van der Waals surface area contributed by atoms with Crippen molar-refractivity contribution in [2.45, 2.75) is 27.2 Å². The molecule has 1 atom stereocenters. The second kappa shape index (κ2) is 4.28. The summed E-state index contributed by atoms with van der Waals surface area (Å²) in [6.45, 7) is 8.01. The van der Waals surface area contributed by atoms with Crippen molar-refractivity contribution in [2.75, 3.05) is 18.0 Å². The predicted molar refractivity (Wildman–Crippen MR) is 66.9 cm³/mol. The third-order valence-electron chi connectivity index (χ3n) is 3.38. The van der Waals surface area contributed by atoms with Gasteiger partial charge in [-0.05, 0) is 31.0 Å². The van der Waals surface area contributed by atoms with Crippen LogP contribution in [0.3, 0.4) is 0 Å². The van der Waals surface area contributed by atoms with Crippen LogP contribution in [-0.4, -0.2) is 18.9 Å². The van der Waals surface area contributed by atoms with E-state index in [1.165, 1.54) is 16.8 Å². The summed E-state index contributed by atoms with van der Waals surface area (Å²) in [4.78, 5) is 13.8. The minimum atomic E-state index is 0.175. The lowest BCUT2D eigenvalue weighted by molar-refractivity contribution is -0.122. The van der Waals surface area contributed by atoms with Gasteiger partial charge in [0.2, 0.25) is 0 Å². The van der Waals surface area contributed by atoms with Crippen molar-refractivity contribution in [3.05, 3.63) is 29.3 Å². The molecule has 16 heavy (non-hydrogen) atoms. The predicted octanol–water partition coefficient (Wildman–Crippen LogP) is 2.72. The van der Waals surface area contributed by atoms with Crippen molar-refractivity contribution in [1.29, 1.82) is 0 Å². The molecular formula is C14H19NO. The zero-order chi connectivity index (χ0) is 11.7. The van der Waals surface area contributed by atoms with Gasteiger partial charge in [-0.2, -0.15) is 0 Å². The molecule has 0 aliphatic carbocycles. The molecule has 0 spiro atoms. The van der Waals surface area contributed by atoms with Gasteiger partial charge in [0.05, 0.1) is 0 Å². The molecule has 0 aromatic heterocycles. The summed E-state index contributed by atoms with van der Waals surface area (Å²) in [6.07, 6.45) is 0.689. The highest BCUT2D eigenvalue weighted by Crippen LogP contribution is 2.25. The Morgan fingerprint density at radius 2 is 2.06 bits per heavy atom. The first-order chi connectivity index (χ1) is 7.58. The zero-order valence-electron chi connectivity index (χ0n) is 10.3. The lowest BCUT2D eigenvalue weighted by Crippen LogP contribution is -2.39. The van der Waals surface area contributed by atoms with Crippen LogP contribution in [0.5, 0.6) is 0 Å². The quantitative estimate of drug-likeness (QED) is 0.721. The first-order valence-corrected chi connectivity index (χ1v) is 5.93. The largest absolute Gasteiger partial charge is 0.370 e. The first kappa shape index (κ1) is 11.2. The Morgan fingerprint density at radius 1 is 1.31 bits per heavy atom. The van der Waals surface area contributed by atoms with Gasteiger partial charge in [0.15, 0.2) is 0 Å². The van der Waals surface area contributed by atoms with Crippen LogP contribution in [-0.2, 0) is 4.79 Å². The Balaban J connectivity index is 2.24. The SMILES string of the molecule is Cc1ccc(C)c(N2CCC(=O)C(C)C2)c1. The molecular weight excluding hydrogens is 198 g/mol. The smallest absolute Gasteiger partial charge is 0.139 e. The number of rotatable bonds is 1. The highest BCUT2D eigenvalue weighted by molar-refractivity contribution is 5.83. The Morgan fingerprint density at radius 3 is 2.75 bits per heavy atom. The number of carbonyl (C=O) groups is 1. The molecule has 1 unspecified atom stereocenters. The molecule has 0 saturated carbocycles. The van der Waals surface area contributed by atoms with Gasteiger partial charge in [-0.15, -0.1) is 0 Å². The average Bonchev–Trinajstić information content (AvgIpc) is 2.26. The summed E-state index contributed by atoms with van der Waals surface area (Å²) in [5.41, 5.74) is 3.87. The van der Waals surface area contributed by atoms with Crippen molar-refractivity contribution < 1.29 is 4.79 Å². The summed E-state index contributed by atoms with van der Waals surface area (Å²) in [5, 5.41) is 0. The Bertz CT molecular complexity index is 411. The Labute approximate surface area is 97.3 Å². The number of hydrogen-bond donors (Lipinski definition) is 0. The van der Waals surface area contributed by atoms with Crippen molar-refractivity contribution in [2.24, 2.45) is 5.92 Å². The normalized spacial score (nSPS) is 21.3. The van der Waals surface area contributed by atoms with E-state index >= 15 is 0 Å². The molecule has 0 bridgehead atoms. The van der Waals surface area contributed by atoms with E-state index < -0.39 is 0 Å². The van der Waals surface area contributed by atoms with E-state index in [0.29, 0.717) is 12.2 Å². The number of anilines is 1. The fraction of sp³-hybridized carbons (Fsp3) is 0.500. The van der Waals surface area contributed by atoms with Gasteiger partial charge in [-0.3, -0.25) is 4.79 Å². The number of hydrogen-bond acceptors (Lipinski definition) is 2. The molecule has 1 heterocycles. The molecule has 1 aliphatic heterocycles. The molecule has 1 aliphatic rings. The second-order valence-corrected chi connectivity index (χ2v) is 4.85. The van der Waals surface area contributed by atoms with E-state index in [-0.39, 0.29) is 5.92 Å². The maximum atomic E-state index is 11.5. The van der Waals surface area contributed by atoms with Gasteiger partial charge in [0.1, 0.15) is 5.78 Å². The van der Waals surface area contributed by atoms with E-state index in [1.807, 2.05) is 6.92 Å². The van der Waals surface area contributed by atoms with E-state index in [1.54, 1.807) is 0 Å². The molecule has 1 fully saturated rings. The van der Waals surface area contributed by atoms with E-state index in [2.05, 4.69) is 36.9 Å². The van der Waals surface area contributed by atoms with E-state index in [4.69, 9.17) is 0 Å². The van der Waals surface area contributed by atoms with Crippen LogP contribution in [0.1, 0.15) is 24.5 Å². The standard InChI is InChI=1S/C14H19NO/c1-10-4-5-11(2)13(8-10)15-7-6-14(16)12(3)9-15/h4-5,8,12H,6-7,9H2,1-3H3. The van der Waals surface area contributed by atoms with Gasteiger partial charge >= 0.3 is 0 Å². The lowest BCUT2D eigenvalue weighted by atomic mass is 9.97. The van der Waals surface area contributed by atoms with E-state index in [0.717, 1.165) is 13.1 Å². The number of benzene rings is 1. The van der Waals surface area contributed by atoms with Crippen LogP contribution in [0, 0.1) is 19.8 Å². The van der Waals surface area contributed by atoms with Crippen LogP contribution in [0.2, 0.25) is 0 Å². The third kappa shape index (κ3) is 2.11. The van der Waals surface area contributed by atoms with Gasteiger partial charge in [-0.1, -0.05) is 19.1 Å². The molecule has 2 rings (SSSR count). The lowest BCUT2D eigenvalue weighted by Gasteiger charge is -2.33. The maximum absolute atomic E-state index is 11.5. The Hall–Kier alpha value is -1.31. The summed E-state index contributed by atoms with van der Waals surface area (Å²) in [6, 6.07) is 6.51. The summed E-state index contributed by atoms with van der Waals surface area (Å²) < 4.78 is 0. The summed E-state index contributed by atoms with van der Waals surface area (Å²) in [5.74, 6) is 0.579. The number of Topliss-reactive ketones (excluding diaryl/α,β-unsaturated/α-hetero) is 1. The van der Waals surface area contributed by atoms with Crippen LogP contribution in [0.25, 0.3) is 0 Å². The van der Waals surface area contributed by atoms with Crippen LogP contribution < -0.4 is 4.90 Å². The van der Waals surface area contributed by atoms with Crippen molar-refractivity contribution in [1.82, 2.24) is 0 Å². The van der Waals surface area contributed by atoms with Crippen molar-refractivity contribution >= 4 is 11.5 Å².